The molecule has 0 radical (unpaired) electrons. The number of carbonyl (C=O) groups excluding carboxylic acids is 1. The van der Waals surface area contributed by atoms with Gasteiger partial charge in [0.25, 0.3) is 5.91 Å². The van der Waals surface area contributed by atoms with Crippen LogP contribution in [0.15, 0.2) is 47.2 Å². The second-order valence-corrected chi connectivity index (χ2v) is 3.61. The average molecular weight is 203 g/mol. The Labute approximate surface area is 86.2 Å². The molecule has 0 spiro atoms. The van der Waals surface area contributed by atoms with Crippen LogP contribution < -0.4 is 5.32 Å². The lowest BCUT2D eigenvalue weighted by Gasteiger charge is -2.01. The molecule has 70 valence electrons. The third kappa shape index (κ3) is 2.00. The van der Waals surface area contributed by atoms with Gasteiger partial charge in [-0.25, -0.2) is 0 Å². The van der Waals surface area contributed by atoms with Crippen molar-refractivity contribution < 1.29 is 4.79 Å². The average Bonchev–Trinajstić information content (AvgIpc) is 2.72. The fourth-order valence-electron chi connectivity index (χ4n) is 1.13. The Morgan fingerprint density at radius 1 is 1.14 bits per heavy atom. The SMILES string of the molecule is O=C(Nc1ccsc1)c1ccccc1. The molecule has 2 aromatic rings. The van der Waals surface area contributed by atoms with E-state index in [9.17, 15) is 4.79 Å². The monoisotopic (exact) mass is 203 g/mol. The standard InChI is InChI=1S/C11H9NOS/c13-11(9-4-2-1-3-5-9)12-10-6-7-14-8-10/h1-8H,(H,12,13). The molecule has 3 heteroatoms. The Kier molecular flexibility index (Phi) is 2.60. The molecule has 1 aromatic carbocycles. The first kappa shape index (κ1) is 8.97. The van der Waals surface area contributed by atoms with Crippen molar-refractivity contribution in [1.82, 2.24) is 0 Å². The third-order valence-corrected chi connectivity index (χ3v) is 2.50. The Morgan fingerprint density at radius 2 is 1.93 bits per heavy atom. The minimum absolute atomic E-state index is 0.0657. The van der Waals surface area contributed by atoms with E-state index in [0.717, 1.165) is 5.69 Å². The molecule has 2 rings (SSSR count). The summed E-state index contributed by atoms with van der Waals surface area (Å²) in [5.74, 6) is -0.0657. The lowest BCUT2D eigenvalue weighted by atomic mass is 10.2. The highest BCUT2D eigenvalue weighted by molar-refractivity contribution is 7.08. The van der Waals surface area contributed by atoms with Crippen molar-refractivity contribution in [3.63, 3.8) is 0 Å². The van der Waals surface area contributed by atoms with E-state index in [1.165, 1.54) is 0 Å². The molecule has 1 amide bonds. The Balaban J connectivity index is 2.11. The summed E-state index contributed by atoms with van der Waals surface area (Å²) in [6.07, 6.45) is 0. The smallest absolute Gasteiger partial charge is 0.255 e. The first-order valence-corrected chi connectivity index (χ1v) is 5.19. The van der Waals surface area contributed by atoms with Crippen LogP contribution in [0.25, 0.3) is 0 Å². The van der Waals surface area contributed by atoms with Gasteiger partial charge in [0.2, 0.25) is 0 Å². The number of benzene rings is 1. The zero-order valence-electron chi connectivity index (χ0n) is 7.44. The predicted octanol–water partition coefficient (Wildman–Crippen LogP) is 3.00. The minimum Gasteiger partial charge on any atom is -0.321 e. The number of amides is 1. The largest absolute Gasteiger partial charge is 0.321 e. The molecule has 0 saturated carbocycles. The van der Waals surface area contributed by atoms with Gasteiger partial charge in [0, 0.05) is 10.9 Å². The van der Waals surface area contributed by atoms with Gasteiger partial charge in [-0.05, 0) is 23.6 Å². The normalized spacial score (nSPS) is 9.71. The van der Waals surface area contributed by atoms with Crippen LogP contribution in [-0.2, 0) is 0 Å². The van der Waals surface area contributed by atoms with E-state index in [4.69, 9.17) is 0 Å². The fraction of sp³-hybridized carbons (Fsp3) is 0. The van der Waals surface area contributed by atoms with Crippen molar-refractivity contribution in [2.75, 3.05) is 5.32 Å². The van der Waals surface area contributed by atoms with Gasteiger partial charge in [-0.2, -0.15) is 11.3 Å². The Bertz CT molecular complexity index is 408. The van der Waals surface area contributed by atoms with Gasteiger partial charge in [-0.15, -0.1) is 0 Å². The fourth-order valence-corrected chi connectivity index (χ4v) is 1.72. The van der Waals surface area contributed by atoms with E-state index in [2.05, 4.69) is 5.32 Å². The second-order valence-electron chi connectivity index (χ2n) is 2.83. The van der Waals surface area contributed by atoms with Crippen molar-refractivity contribution in [3.05, 3.63) is 52.7 Å². The van der Waals surface area contributed by atoms with Crippen LogP contribution >= 0.6 is 11.3 Å². The summed E-state index contributed by atoms with van der Waals surface area (Å²) < 4.78 is 0. The first-order chi connectivity index (χ1) is 6.86. The summed E-state index contributed by atoms with van der Waals surface area (Å²) in [5, 5.41) is 6.64. The van der Waals surface area contributed by atoms with Crippen molar-refractivity contribution in [1.29, 1.82) is 0 Å². The molecule has 0 saturated heterocycles. The minimum atomic E-state index is -0.0657. The first-order valence-electron chi connectivity index (χ1n) is 4.25. The quantitative estimate of drug-likeness (QED) is 0.798. The molecule has 1 heterocycles. The van der Waals surface area contributed by atoms with Gasteiger partial charge in [0.15, 0.2) is 0 Å². The van der Waals surface area contributed by atoms with E-state index in [0.29, 0.717) is 5.56 Å². The highest BCUT2D eigenvalue weighted by atomic mass is 32.1. The van der Waals surface area contributed by atoms with Crippen LogP contribution in [0.4, 0.5) is 5.69 Å². The lowest BCUT2D eigenvalue weighted by Crippen LogP contribution is -2.10. The zero-order chi connectivity index (χ0) is 9.80. The van der Waals surface area contributed by atoms with Crippen LogP contribution in [0, 0.1) is 0 Å². The zero-order valence-corrected chi connectivity index (χ0v) is 8.25. The molecule has 0 aliphatic rings. The maximum Gasteiger partial charge on any atom is 0.255 e. The van der Waals surface area contributed by atoms with Crippen molar-refractivity contribution >= 4 is 22.9 Å². The molecule has 1 aromatic heterocycles. The van der Waals surface area contributed by atoms with Crippen LogP contribution in [0.1, 0.15) is 10.4 Å². The molecular weight excluding hydrogens is 194 g/mol. The highest BCUT2D eigenvalue weighted by Gasteiger charge is 2.04. The number of anilines is 1. The van der Waals surface area contributed by atoms with E-state index in [1.807, 2.05) is 35.0 Å². The number of thiophene rings is 1. The van der Waals surface area contributed by atoms with Crippen LogP contribution in [0.2, 0.25) is 0 Å². The molecule has 2 nitrogen and oxygen atoms in total. The number of hydrogen-bond acceptors (Lipinski definition) is 2. The molecule has 0 atom stereocenters. The van der Waals surface area contributed by atoms with Crippen LogP contribution in [0.3, 0.4) is 0 Å². The number of carbonyl (C=O) groups is 1. The molecular formula is C11H9NOS. The highest BCUT2D eigenvalue weighted by Crippen LogP contribution is 2.13. The van der Waals surface area contributed by atoms with Gasteiger partial charge in [-0.1, -0.05) is 18.2 Å². The van der Waals surface area contributed by atoms with Crippen molar-refractivity contribution in [2.45, 2.75) is 0 Å². The molecule has 0 bridgehead atoms. The summed E-state index contributed by atoms with van der Waals surface area (Å²) in [6.45, 7) is 0. The summed E-state index contributed by atoms with van der Waals surface area (Å²) in [7, 11) is 0. The van der Waals surface area contributed by atoms with Gasteiger partial charge < -0.3 is 5.32 Å². The molecule has 1 N–H and O–H groups in total. The van der Waals surface area contributed by atoms with Crippen LogP contribution in [-0.4, -0.2) is 5.91 Å². The summed E-state index contributed by atoms with van der Waals surface area (Å²) in [4.78, 5) is 11.6. The van der Waals surface area contributed by atoms with E-state index in [1.54, 1.807) is 23.5 Å². The summed E-state index contributed by atoms with van der Waals surface area (Å²) >= 11 is 1.56. The second kappa shape index (κ2) is 4.07. The molecule has 14 heavy (non-hydrogen) atoms. The van der Waals surface area contributed by atoms with Gasteiger partial charge in [0.1, 0.15) is 0 Å². The number of hydrogen-bond donors (Lipinski definition) is 1. The Morgan fingerprint density at radius 3 is 2.57 bits per heavy atom. The van der Waals surface area contributed by atoms with Crippen LogP contribution in [0.5, 0.6) is 0 Å². The van der Waals surface area contributed by atoms with Crippen molar-refractivity contribution in [3.8, 4) is 0 Å². The topological polar surface area (TPSA) is 29.1 Å². The summed E-state index contributed by atoms with van der Waals surface area (Å²) in [6, 6.07) is 11.1. The van der Waals surface area contributed by atoms with Crippen molar-refractivity contribution in [2.24, 2.45) is 0 Å². The third-order valence-electron chi connectivity index (χ3n) is 1.82. The molecule has 0 aliphatic carbocycles. The number of rotatable bonds is 2. The van der Waals surface area contributed by atoms with Gasteiger partial charge in [0.05, 0.1) is 5.69 Å². The molecule has 0 aliphatic heterocycles. The van der Waals surface area contributed by atoms with Gasteiger partial charge >= 0.3 is 0 Å². The maximum absolute atomic E-state index is 11.6. The predicted molar refractivity (Wildman–Crippen MR) is 58.7 cm³/mol. The summed E-state index contributed by atoms with van der Waals surface area (Å²) in [5.41, 5.74) is 1.53. The van der Waals surface area contributed by atoms with E-state index >= 15 is 0 Å². The molecule has 0 fully saturated rings. The number of nitrogens with one attached hydrogen (secondary N) is 1. The van der Waals surface area contributed by atoms with E-state index in [-0.39, 0.29) is 5.91 Å². The Hall–Kier alpha value is -1.61. The maximum atomic E-state index is 11.6. The molecule has 0 unspecified atom stereocenters. The van der Waals surface area contributed by atoms with E-state index < -0.39 is 0 Å². The lowest BCUT2D eigenvalue weighted by molar-refractivity contribution is 0.102. The van der Waals surface area contributed by atoms with Gasteiger partial charge in [-0.3, -0.25) is 4.79 Å².